The van der Waals surface area contributed by atoms with Crippen LogP contribution in [0, 0.1) is 0 Å². The third-order valence-electron chi connectivity index (χ3n) is 2.28. The van der Waals surface area contributed by atoms with Gasteiger partial charge in [-0.15, -0.1) is 0 Å². The van der Waals surface area contributed by atoms with Crippen molar-refractivity contribution in [1.29, 1.82) is 0 Å². The molecule has 4 heteroatoms. The van der Waals surface area contributed by atoms with Crippen LogP contribution in [0.15, 0.2) is 21.9 Å². The number of nitrogens with one attached hydrogen (secondary N) is 1. The van der Waals surface area contributed by atoms with Crippen molar-refractivity contribution in [3.63, 3.8) is 0 Å². The van der Waals surface area contributed by atoms with Crippen LogP contribution in [0.4, 0.5) is 0 Å². The molecule has 0 amide bonds. The van der Waals surface area contributed by atoms with Crippen molar-refractivity contribution in [2.75, 3.05) is 0 Å². The second-order valence-electron chi connectivity index (χ2n) is 3.74. The van der Waals surface area contributed by atoms with Crippen molar-refractivity contribution in [3.05, 3.63) is 38.7 Å². The van der Waals surface area contributed by atoms with Gasteiger partial charge in [0.25, 0.3) is 5.56 Å². The number of rotatable bonds is 5. The van der Waals surface area contributed by atoms with E-state index in [9.17, 15) is 9.59 Å². The molecule has 0 unspecified atom stereocenters. The monoisotopic (exact) mass is 222 g/mol. The third kappa shape index (κ3) is 3.22. The maximum Gasteiger partial charge on any atom is 0.332 e. The normalized spacial score (nSPS) is 11.1. The van der Waals surface area contributed by atoms with E-state index in [1.807, 2.05) is 13.0 Å². The Hall–Kier alpha value is -1.58. The molecule has 0 bridgehead atoms. The highest BCUT2D eigenvalue weighted by Crippen LogP contribution is 1.95. The summed E-state index contributed by atoms with van der Waals surface area (Å²) in [7, 11) is 0. The summed E-state index contributed by atoms with van der Waals surface area (Å²) in [4.78, 5) is 25.2. The second kappa shape index (κ2) is 6.10. The fourth-order valence-corrected chi connectivity index (χ4v) is 1.44. The molecule has 16 heavy (non-hydrogen) atoms. The van der Waals surface area contributed by atoms with E-state index in [2.05, 4.69) is 11.9 Å². The largest absolute Gasteiger partial charge is 0.332 e. The number of aromatic nitrogens is 2. The average molecular weight is 222 g/mol. The van der Waals surface area contributed by atoms with Gasteiger partial charge in [0.2, 0.25) is 0 Å². The lowest BCUT2D eigenvalue weighted by atomic mass is 10.2. The van der Waals surface area contributed by atoms with Crippen LogP contribution in [0.5, 0.6) is 0 Å². The van der Waals surface area contributed by atoms with Crippen molar-refractivity contribution < 1.29 is 0 Å². The first-order chi connectivity index (χ1) is 7.69. The molecule has 0 atom stereocenters. The Bertz CT molecular complexity index is 469. The van der Waals surface area contributed by atoms with Gasteiger partial charge in [0.05, 0.1) is 0 Å². The molecule has 0 aliphatic heterocycles. The predicted molar refractivity (Wildman–Crippen MR) is 65.6 cm³/mol. The fraction of sp³-hybridized carbons (Fsp3) is 0.500. The number of nitrogens with zero attached hydrogens (tertiary/aromatic N) is 1. The Labute approximate surface area is 94.6 Å². The van der Waals surface area contributed by atoms with Crippen molar-refractivity contribution in [1.82, 2.24) is 9.55 Å². The first-order valence-electron chi connectivity index (χ1n) is 5.70. The topological polar surface area (TPSA) is 54.9 Å². The predicted octanol–water partition coefficient (Wildman–Crippen LogP) is 1.76. The molecule has 88 valence electrons. The van der Waals surface area contributed by atoms with E-state index in [0.29, 0.717) is 12.0 Å². The summed E-state index contributed by atoms with van der Waals surface area (Å²) in [6.45, 7) is 4.07. The molecule has 1 rings (SSSR count). The molecule has 4 nitrogen and oxygen atoms in total. The molecule has 0 aliphatic carbocycles. The lowest BCUT2D eigenvalue weighted by Crippen LogP contribution is -2.29. The summed E-state index contributed by atoms with van der Waals surface area (Å²) in [6, 6.07) is 0. The highest BCUT2D eigenvalue weighted by molar-refractivity contribution is 5.23. The number of allylic oxidation sites excluding steroid dienone is 1. The minimum Gasteiger partial charge on any atom is -0.276 e. The van der Waals surface area contributed by atoms with Gasteiger partial charge in [0, 0.05) is 18.0 Å². The molecule has 0 aliphatic rings. The Morgan fingerprint density at radius 1 is 1.31 bits per heavy atom. The van der Waals surface area contributed by atoms with Gasteiger partial charge in [-0.1, -0.05) is 32.8 Å². The molecule has 0 saturated carbocycles. The zero-order valence-electron chi connectivity index (χ0n) is 9.82. The smallest absolute Gasteiger partial charge is 0.276 e. The van der Waals surface area contributed by atoms with E-state index in [4.69, 9.17) is 0 Å². The molecule has 1 heterocycles. The standard InChI is InChI=1S/C12H18N2O2/c1-3-5-6-8-14-9-10(7-4-2)11(15)13-12(14)16/h6,8-9H,3-5,7H2,1-2H3,(H,13,15,16)/b8-6+. The Balaban J connectivity index is 3.05. The number of H-pyrrole nitrogens is 1. The summed E-state index contributed by atoms with van der Waals surface area (Å²) in [6.07, 6.45) is 8.80. The van der Waals surface area contributed by atoms with E-state index < -0.39 is 0 Å². The van der Waals surface area contributed by atoms with Gasteiger partial charge in [-0.3, -0.25) is 14.3 Å². The first-order valence-corrected chi connectivity index (χ1v) is 5.70. The minimum atomic E-state index is -0.378. The highest BCUT2D eigenvalue weighted by Gasteiger charge is 2.01. The Kier molecular flexibility index (Phi) is 4.76. The summed E-state index contributed by atoms with van der Waals surface area (Å²) in [5.41, 5.74) is 0.00689. The van der Waals surface area contributed by atoms with Crippen LogP contribution >= 0.6 is 0 Å². The van der Waals surface area contributed by atoms with E-state index in [1.54, 1.807) is 12.4 Å². The molecule has 0 radical (unpaired) electrons. The minimum absolute atomic E-state index is 0.271. The molecule has 1 aromatic heterocycles. The average Bonchev–Trinajstić information content (AvgIpc) is 2.25. The van der Waals surface area contributed by atoms with Crippen molar-refractivity contribution >= 4 is 6.20 Å². The van der Waals surface area contributed by atoms with Crippen LogP contribution in [0.25, 0.3) is 6.20 Å². The summed E-state index contributed by atoms with van der Waals surface area (Å²) < 4.78 is 1.43. The van der Waals surface area contributed by atoms with Gasteiger partial charge >= 0.3 is 5.69 Å². The van der Waals surface area contributed by atoms with Crippen LogP contribution in [0.1, 0.15) is 38.7 Å². The number of aryl methyl sites for hydroxylation is 1. The first kappa shape index (κ1) is 12.5. The maximum absolute atomic E-state index is 11.4. The van der Waals surface area contributed by atoms with E-state index in [1.165, 1.54) is 4.57 Å². The number of hydrogen-bond donors (Lipinski definition) is 1. The van der Waals surface area contributed by atoms with Crippen molar-refractivity contribution in [2.24, 2.45) is 0 Å². The maximum atomic E-state index is 11.4. The van der Waals surface area contributed by atoms with Crippen LogP contribution in [0.2, 0.25) is 0 Å². The van der Waals surface area contributed by atoms with Crippen LogP contribution in [-0.4, -0.2) is 9.55 Å². The molecule has 0 saturated heterocycles. The van der Waals surface area contributed by atoms with Crippen molar-refractivity contribution in [2.45, 2.75) is 39.5 Å². The Morgan fingerprint density at radius 3 is 2.69 bits per heavy atom. The van der Waals surface area contributed by atoms with E-state index in [-0.39, 0.29) is 11.2 Å². The van der Waals surface area contributed by atoms with Gasteiger partial charge in [-0.05, 0) is 12.8 Å². The van der Waals surface area contributed by atoms with Crippen LogP contribution in [-0.2, 0) is 6.42 Å². The summed E-state index contributed by atoms with van der Waals surface area (Å²) in [5.74, 6) is 0. The third-order valence-corrected chi connectivity index (χ3v) is 2.28. The Morgan fingerprint density at radius 2 is 2.06 bits per heavy atom. The van der Waals surface area contributed by atoms with Gasteiger partial charge in [-0.25, -0.2) is 4.79 Å². The molecular weight excluding hydrogens is 204 g/mol. The molecule has 0 spiro atoms. The lowest BCUT2D eigenvalue weighted by molar-refractivity contribution is 0.839. The quantitative estimate of drug-likeness (QED) is 0.825. The van der Waals surface area contributed by atoms with Crippen LogP contribution in [0.3, 0.4) is 0 Å². The van der Waals surface area contributed by atoms with Gasteiger partial charge in [0.15, 0.2) is 0 Å². The highest BCUT2D eigenvalue weighted by atomic mass is 16.2. The van der Waals surface area contributed by atoms with Gasteiger partial charge in [0.1, 0.15) is 0 Å². The molecule has 0 aromatic carbocycles. The summed E-state index contributed by atoms with van der Waals surface area (Å²) in [5, 5.41) is 0. The number of unbranched alkanes of at least 4 members (excludes halogenated alkanes) is 1. The molecule has 1 aromatic rings. The second-order valence-corrected chi connectivity index (χ2v) is 3.74. The van der Waals surface area contributed by atoms with E-state index in [0.717, 1.165) is 19.3 Å². The fourth-order valence-electron chi connectivity index (χ4n) is 1.44. The lowest BCUT2D eigenvalue weighted by Gasteiger charge is -2.01. The zero-order chi connectivity index (χ0) is 12.0. The number of aromatic amines is 1. The van der Waals surface area contributed by atoms with Gasteiger partial charge in [-0.2, -0.15) is 0 Å². The molecule has 1 N–H and O–H groups in total. The summed E-state index contributed by atoms with van der Waals surface area (Å²) >= 11 is 0. The zero-order valence-corrected chi connectivity index (χ0v) is 9.82. The van der Waals surface area contributed by atoms with E-state index >= 15 is 0 Å². The molecule has 0 fully saturated rings. The van der Waals surface area contributed by atoms with Crippen LogP contribution < -0.4 is 11.2 Å². The molecular formula is C12H18N2O2. The SMILES string of the molecule is CCC/C=C/n1cc(CCC)c(=O)[nH]c1=O. The van der Waals surface area contributed by atoms with Gasteiger partial charge < -0.3 is 0 Å². The van der Waals surface area contributed by atoms with Crippen molar-refractivity contribution in [3.8, 4) is 0 Å². The number of hydrogen-bond acceptors (Lipinski definition) is 2.